The lowest BCUT2D eigenvalue weighted by molar-refractivity contribution is -0.116. The molecule has 0 spiro atoms. The van der Waals surface area contributed by atoms with Crippen LogP contribution in [0.2, 0.25) is 0 Å². The van der Waals surface area contributed by atoms with Crippen LogP contribution in [0, 0.1) is 0 Å². The standard InChI is InChI=1S/C21H23NO5/c1-2-25-17-9-7-16(8-10-17)22-21(24)5-3-4-18(23)15-6-11-19-20(14-15)27-13-12-26-19/h6-11,14H,2-5,12-13H2,1H3,(H,22,24). The molecule has 0 unspecified atom stereocenters. The molecule has 0 bridgehead atoms. The molecule has 0 saturated carbocycles. The van der Waals surface area contributed by atoms with Crippen molar-refractivity contribution in [3.05, 3.63) is 48.0 Å². The molecule has 0 aromatic heterocycles. The van der Waals surface area contributed by atoms with Crippen molar-refractivity contribution in [1.82, 2.24) is 0 Å². The molecule has 0 aliphatic carbocycles. The summed E-state index contributed by atoms with van der Waals surface area (Å²) in [6.07, 6.45) is 1.07. The van der Waals surface area contributed by atoms with Crippen molar-refractivity contribution in [1.29, 1.82) is 0 Å². The fraction of sp³-hybridized carbons (Fsp3) is 0.333. The number of nitrogens with one attached hydrogen (secondary N) is 1. The molecular formula is C21H23NO5. The van der Waals surface area contributed by atoms with Gasteiger partial charge in [0, 0.05) is 24.1 Å². The Morgan fingerprint density at radius 1 is 1.00 bits per heavy atom. The summed E-state index contributed by atoms with van der Waals surface area (Å²) in [6, 6.07) is 12.4. The first-order valence-electron chi connectivity index (χ1n) is 9.11. The van der Waals surface area contributed by atoms with Gasteiger partial charge in [0.1, 0.15) is 19.0 Å². The molecular weight excluding hydrogens is 346 g/mol. The van der Waals surface area contributed by atoms with E-state index in [0.717, 1.165) is 5.75 Å². The molecule has 1 aliphatic rings. The summed E-state index contributed by atoms with van der Waals surface area (Å²) in [6.45, 7) is 3.52. The monoisotopic (exact) mass is 369 g/mol. The van der Waals surface area contributed by atoms with Gasteiger partial charge >= 0.3 is 0 Å². The summed E-state index contributed by atoms with van der Waals surface area (Å²) in [5.74, 6) is 1.89. The lowest BCUT2D eigenvalue weighted by Crippen LogP contribution is -2.16. The summed E-state index contributed by atoms with van der Waals surface area (Å²) in [4.78, 5) is 24.4. The largest absolute Gasteiger partial charge is 0.494 e. The van der Waals surface area contributed by atoms with Gasteiger partial charge in [-0.25, -0.2) is 0 Å². The Bertz CT molecular complexity index is 801. The molecule has 1 aliphatic heterocycles. The van der Waals surface area contributed by atoms with Gasteiger partial charge in [-0.3, -0.25) is 9.59 Å². The number of carbonyl (C=O) groups is 2. The van der Waals surface area contributed by atoms with Crippen LogP contribution in [0.1, 0.15) is 36.5 Å². The van der Waals surface area contributed by atoms with E-state index < -0.39 is 0 Å². The van der Waals surface area contributed by atoms with E-state index in [1.54, 1.807) is 30.3 Å². The number of benzene rings is 2. The molecule has 27 heavy (non-hydrogen) atoms. The van der Waals surface area contributed by atoms with Gasteiger partial charge in [0.2, 0.25) is 5.91 Å². The van der Waals surface area contributed by atoms with Crippen LogP contribution in [0.5, 0.6) is 17.2 Å². The SMILES string of the molecule is CCOc1ccc(NC(=O)CCCC(=O)c2ccc3c(c2)OCCO3)cc1. The quantitative estimate of drug-likeness (QED) is 0.716. The normalized spacial score (nSPS) is 12.3. The highest BCUT2D eigenvalue weighted by molar-refractivity contribution is 5.97. The third-order valence-corrected chi connectivity index (χ3v) is 4.12. The zero-order chi connectivity index (χ0) is 19.1. The Kier molecular flexibility index (Phi) is 6.30. The Balaban J connectivity index is 1.44. The van der Waals surface area contributed by atoms with Gasteiger partial charge in [0.15, 0.2) is 17.3 Å². The minimum Gasteiger partial charge on any atom is -0.494 e. The highest BCUT2D eigenvalue weighted by atomic mass is 16.6. The van der Waals surface area contributed by atoms with E-state index in [4.69, 9.17) is 14.2 Å². The topological polar surface area (TPSA) is 73.9 Å². The molecule has 1 heterocycles. The number of fused-ring (bicyclic) bond motifs is 1. The Morgan fingerprint density at radius 3 is 2.48 bits per heavy atom. The lowest BCUT2D eigenvalue weighted by atomic mass is 10.0. The first kappa shape index (κ1) is 18.8. The van der Waals surface area contributed by atoms with Gasteiger partial charge in [0.25, 0.3) is 0 Å². The molecule has 6 heteroatoms. The average Bonchev–Trinajstić information content (AvgIpc) is 2.69. The molecule has 6 nitrogen and oxygen atoms in total. The second kappa shape index (κ2) is 9.07. The van der Waals surface area contributed by atoms with Crippen LogP contribution in [0.15, 0.2) is 42.5 Å². The second-order valence-corrected chi connectivity index (χ2v) is 6.14. The van der Waals surface area contributed by atoms with Crippen LogP contribution in [0.25, 0.3) is 0 Å². The maximum Gasteiger partial charge on any atom is 0.224 e. The van der Waals surface area contributed by atoms with Crippen LogP contribution < -0.4 is 19.5 Å². The number of anilines is 1. The summed E-state index contributed by atoms with van der Waals surface area (Å²) in [5, 5.41) is 2.82. The summed E-state index contributed by atoms with van der Waals surface area (Å²) >= 11 is 0. The van der Waals surface area contributed by atoms with Crippen molar-refractivity contribution < 1.29 is 23.8 Å². The number of Topliss-reactive ketones (excluding diaryl/α,β-unsaturated/α-hetero) is 1. The zero-order valence-electron chi connectivity index (χ0n) is 15.3. The average molecular weight is 369 g/mol. The molecule has 2 aromatic carbocycles. The molecule has 142 valence electrons. The van der Waals surface area contributed by atoms with E-state index >= 15 is 0 Å². The van der Waals surface area contributed by atoms with E-state index in [9.17, 15) is 9.59 Å². The number of amides is 1. The van der Waals surface area contributed by atoms with Crippen LogP contribution >= 0.6 is 0 Å². The van der Waals surface area contributed by atoms with E-state index in [0.29, 0.717) is 55.4 Å². The summed E-state index contributed by atoms with van der Waals surface area (Å²) < 4.78 is 16.3. The minimum atomic E-state index is -0.117. The number of ether oxygens (including phenoxy) is 3. The van der Waals surface area contributed by atoms with Gasteiger partial charge in [0.05, 0.1) is 6.61 Å². The number of carbonyl (C=O) groups excluding carboxylic acids is 2. The van der Waals surface area contributed by atoms with Crippen molar-refractivity contribution >= 4 is 17.4 Å². The summed E-state index contributed by atoms with van der Waals surface area (Å²) in [7, 11) is 0. The van der Waals surface area contributed by atoms with Crippen molar-refractivity contribution in [2.45, 2.75) is 26.2 Å². The number of hydrogen-bond acceptors (Lipinski definition) is 5. The predicted octanol–water partition coefficient (Wildman–Crippen LogP) is 3.85. The van der Waals surface area contributed by atoms with Gasteiger partial charge < -0.3 is 19.5 Å². The van der Waals surface area contributed by atoms with Crippen molar-refractivity contribution in [3.63, 3.8) is 0 Å². The van der Waals surface area contributed by atoms with Crippen LogP contribution in [0.4, 0.5) is 5.69 Å². The number of ketones is 1. The lowest BCUT2D eigenvalue weighted by Gasteiger charge is -2.18. The third-order valence-electron chi connectivity index (χ3n) is 4.12. The van der Waals surface area contributed by atoms with Gasteiger partial charge in [-0.05, 0) is 55.8 Å². The molecule has 1 amide bonds. The smallest absolute Gasteiger partial charge is 0.224 e. The molecule has 0 fully saturated rings. The maximum absolute atomic E-state index is 12.3. The van der Waals surface area contributed by atoms with Crippen molar-refractivity contribution in [2.75, 3.05) is 25.1 Å². The van der Waals surface area contributed by atoms with Gasteiger partial charge in [-0.15, -0.1) is 0 Å². The molecule has 1 N–H and O–H groups in total. The van der Waals surface area contributed by atoms with Crippen LogP contribution in [-0.2, 0) is 4.79 Å². The Labute approximate surface area is 158 Å². The highest BCUT2D eigenvalue weighted by Crippen LogP contribution is 2.31. The predicted molar refractivity (Wildman–Crippen MR) is 102 cm³/mol. The number of hydrogen-bond donors (Lipinski definition) is 1. The van der Waals surface area contributed by atoms with Gasteiger partial charge in [-0.1, -0.05) is 0 Å². The first-order valence-corrected chi connectivity index (χ1v) is 9.11. The fourth-order valence-electron chi connectivity index (χ4n) is 2.80. The van der Waals surface area contributed by atoms with Crippen molar-refractivity contribution in [3.8, 4) is 17.2 Å². The maximum atomic E-state index is 12.3. The summed E-state index contributed by atoms with van der Waals surface area (Å²) in [5.41, 5.74) is 1.28. The molecule has 0 saturated heterocycles. The number of rotatable bonds is 8. The van der Waals surface area contributed by atoms with Crippen molar-refractivity contribution in [2.24, 2.45) is 0 Å². The van der Waals surface area contributed by atoms with E-state index in [1.807, 2.05) is 19.1 Å². The minimum absolute atomic E-state index is 0.0131. The molecule has 3 rings (SSSR count). The zero-order valence-corrected chi connectivity index (χ0v) is 15.3. The fourth-order valence-corrected chi connectivity index (χ4v) is 2.80. The van der Waals surface area contributed by atoms with E-state index in [1.165, 1.54) is 0 Å². The third kappa shape index (κ3) is 5.23. The Morgan fingerprint density at radius 2 is 1.74 bits per heavy atom. The molecule has 0 radical (unpaired) electrons. The van der Waals surface area contributed by atoms with Gasteiger partial charge in [-0.2, -0.15) is 0 Å². The second-order valence-electron chi connectivity index (χ2n) is 6.14. The van der Waals surface area contributed by atoms with Crippen LogP contribution in [0.3, 0.4) is 0 Å². The van der Waals surface area contributed by atoms with Crippen LogP contribution in [-0.4, -0.2) is 31.5 Å². The Hall–Kier alpha value is -3.02. The first-order chi connectivity index (χ1) is 13.2. The van der Waals surface area contributed by atoms with E-state index in [2.05, 4.69) is 5.32 Å². The highest BCUT2D eigenvalue weighted by Gasteiger charge is 2.15. The van der Waals surface area contributed by atoms with E-state index in [-0.39, 0.29) is 18.1 Å². The molecule has 2 aromatic rings. The molecule has 0 atom stereocenters.